The molecule has 0 aliphatic heterocycles. The van der Waals surface area contributed by atoms with E-state index in [1.165, 1.54) is 11.8 Å². The highest BCUT2D eigenvalue weighted by Crippen LogP contribution is 2.28. The predicted octanol–water partition coefficient (Wildman–Crippen LogP) is 6.18. The number of nitrogens with one attached hydrogen (secondary N) is 1. The molecule has 0 saturated heterocycles. The first-order valence-corrected chi connectivity index (χ1v) is 12.8. The lowest BCUT2D eigenvalue weighted by Crippen LogP contribution is -2.16. The number of thioether (sulfide) groups is 1. The average molecular weight is 550 g/mol. The van der Waals surface area contributed by atoms with Crippen LogP contribution in [0.2, 0.25) is 5.02 Å². The van der Waals surface area contributed by atoms with Gasteiger partial charge in [0.15, 0.2) is 5.16 Å². The van der Waals surface area contributed by atoms with Crippen molar-refractivity contribution in [3.63, 3.8) is 0 Å². The summed E-state index contributed by atoms with van der Waals surface area (Å²) in [6.45, 7) is 7.01. The molecule has 0 fully saturated rings. The first-order valence-electron chi connectivity index (χ1n) is 10.6. The fourth-order valence-electron chi connectivity index (χ4n) is 3.19. The maximum atomic E-state index is 12.5. The molecular formula is C24H26BrClN4O2S. The van der Waals surface area contributed by atoms with E-state index in [9.17, 15) is 4.79 Å². The van der Waals surface area contributed by atoms with Crippen molar-refractivity contribution in [3.05, 3.63) is 76.0 Å². The smallest absolute Gasteiger partial charge is 0.234 e. The number of aryl methyl sites for hydroxylation is 2. The topological polar surface area (TPSA) is 69.0 Å². The number of aromatic nitrogens is 3. The number of carbonyl (C=O) groups excluding carboxylic acids is 1. The molecule has 6 nitrogen and oxygen atoms in total. The number of hydrogen-bond donors (Lipinski definition) is 1. The number of nitrogens with zero attached hydrogens (tertiary/aromatic N) is 3. The van der Waals surface area contributed by atoms with Crippen LogP contribution in [0.1, 0.15) is 24.7 Å². The number of rotatable bonds is 12. The van der Waals surface area contributed by atoms with E-state index in [0.717, 1.165) is 40.1 Å². The summed E-state index contributed by atoms with van der Waals surface area (Å²) in [5.74, 6) is 1.77. The highest BCUT2D eigenvalue weighted by molar-refractivity contribution is 9.10. The van der Waals surface area contributed by atoms with E-state index in [2.05, 4.69) is 44.9 Å². The van der Waals surface area contributed by atoms with Gasteiger partial charge >= 0.3 is 0 Å². The number of allylic oxidation sites excluding steroid dienone is 1. The molecule has 1 amide bonds. The maximum absolute atomic E-state index is 12.5. The lowest BCUT2D eigenvalue weighted by molar-refractivity contribution is -0.113. The second-order valence-corrected chi connectivity index (χ2v) is 9.41. The second kappa shape index (κ2) is 12.8. The summed E-state index contributed by atoms with van der Waals surface area (Å²) in [4.78, 5) is 12.5. The molecule has 0 spiro atoms. The number of amides is 1. The van der Waals surface area contributed by atoms with Crippen LogP contribution in [-0.4, -0.2) is 33.0 Å². The highest BCUT2D eigenvalue weighted by atomic mass is 79.9. The fraction of sp³-hybridized carbons (Fsp3) is 0.292. The van der Waals surface area contributed by atoms with Gasteiger partial charge in [-0.2, -0.15) is 0 Å². The Morgan fingerprint density at radius 2 is 2.12 bits per heavy atom. The first-order chi connectivity index (χ1) is 16.0. The average Bonchev–Trinajstić information content (AvgIpc) is 3.18. The van der Waals surface area contributed by atoms with E-state index in [-0.39, 0.29) is 11.7 Å². The summed E-state index contributed by atoms with van der Waals surface area (Å²) in [6.07, 6.45) is 4.13. The Bertz CT molecular complexity index is 1110. The summed E-state index contributed by atoms with van der Waals surface area (Å²) in [5, 5.41) is 13.0. The van der Waals surface area contributed by atoms with E-state index < -0.39 is 0 Å². The number of benzene rings is 2. The van der Waals surface area contributed by atoms with Crippen molar-refractivity contribution >= 4 is 50.9 Å². The molecule has 0 radical (unpaired) electrons. The minimum Gasteiger partial charge on any atom is -0.492 e. The van der Waals surface area contributed by atoms with Gasteiger partial charge in [0.1, 0.15) is 11.6 Å². The van der Waals surface area contributed by atoms with Crippen molar-refractivity contribution in [2.45, 2.75) is 37.9 Å². The van der Waals surface area contributed by atoms with Crippen molar-refractivity contribution < 1.29 is 9.53 Å². The molecule has 9 heteroatoms. The van der Waals surface area contributed by atoms with Gasteiger partial charge in [-0.1, -0.05) is 54.6 Å². The number of hydrogen-bond acceptors (Lipinski definition) is 5. The summed E-state index contributed by atoms with van der Waals surface area (Å²) < 4.78 is 8.65. The lowest BCUT2D eigenvalue weighted by atomic mass is 10.1. The summed E-state index contributed by atoms with van der Waals surface area (Å²) in [5.41, 5.74) is 1.96. The van der Waals surface area contributed by atoms with Gasteiger partial charge in [-0.15, -0.1) is 16.8 Å². The molecule has 0 saturated carbocycles. The van der Waals surface area contributed by atoms with Crippen LogP contribution in [-0.2, 0) is 24.2 Å². The normalized spacial score (nSPS) is 10.8. The molecule has 2 aromatic carbocycles. The molecule has 174 valence electrons. The quantitative estimate of drug-likeness (QED) is 0.166. The van der Waals surface area contributed by atoms with E-state index in [4.69, 9.17) is 16.3 Å². The molecule has 3 aromatic rings. The van der Waals surface area contributed by atoms with E-state index >= 15 is 0 Å². The zero-order valence-corrected chi connectivity index (χ0v) is 21.5. The number of ether oxygens (including phenoxy) is 1. The number of halogens is 2. The van der Waals surface area contributed by atoms with Gasteiger partial charge in [0.05, 0.1) is 16.8 Å². The molecule has 1 aromatic heterocycles. The van der Waals surface area contributed by atoms with E-state index in [1.54, 1.807) is 18.2 Å². The Balaban J connectivity index is 1.54. The van der Waals surface area contributed by atoms with Crippen LogP contribution in [0, 0.1) is 0 Å². The van der Waals surface area contributed by atoms with E-state index in [1.807, 2.05) is 34.9 Å². The number of para-hydroxylation sites is 1. The van der Waals surface area contributed by atoms with Crippen LogP contribution in [0.4, 0.5) is 5.69 Å². The van der Waals surface area contributed by atoms with Crippen molar-refractivity contribution in [3.8, 4) is 5.75 Å². The zero-order chi connectivity index (χ0) is 23.6. The highest BCUT2D eigenvalue weighted by Gasteiger charge is 2.14. The standard InChI is InChI=1S/C24H26BrClN4O2S/c1-3-13-30-22(10-7-14-32-21-12-11-18(26)15-19(21)25)28-29-24(30)33-16-23(31)27-20-9-6-5-8-17(20)4-2/h3,5-6,8-9,11-12,15H,1,4,7,10,13-14,16H2,2H3,(H,27,31). The maximum Gasteiger partial charge on any atom is 0.234 e. The lowest BCUT2D eigenvalue weighted by Gasteiger charge is -2.11. The molecule has 3 rings (SSSR count). The minimum absolute atomic E-state index is 0.0717. The molecule has 1 heterocycles. The van der Waals surface area contributed by atoms with Crippen LogP contribution in [0.15, 0.2) is 64.7 Å². The van der Waals surface area contributed by atoms with Crippen LogP contribution < -0.4 is 10.1 Å². The molecule has 0 unspecified atom stereocenters. The largest absolute Gasteiger partial charge is 0.492 e. The van der Waals surface area contributed by atoms with Crippen molar-refractivity contribution in [1.82, 2.24) is 14.8 Å². The molecule has 0 aliphatic rings. The fourth-order valence-corrected chi connectivity index (χ4v) is 4.76. The van der Waals surface area contributed by atoms with Crippen molar-refractivity contribution in [2.24, 2.45) is 0 Å². The van der Waals surface area contributed by atoms with Crippen LogP contribution in [0.25, 0.3) is 0 Å². The third-order valence-electron chi connectivity index (χ3n) is 4.81. The van der Waals surface area contributed by atoms with Gasteiger partial charge in [0, 0.05) is 23.7 Å². The summed E-state index contributed by atoms with van der Waals surface area (Å²) >= 11 is 10.8. The molecule has 0 bridgehead atoms. The molecule has 33 heavy (non-hydrogen) atoms. The zero-order valence-electron chi connectivity index (χ0n) is 18.4. The van der Waals surface area contributed by atoms with Crippen LogP contribution in [0.5, 0.6) is 5.75 Å². The van der Waals surface area contributed by atoms with Gasteiger partial charge in [-0.05, 0) is 58.6 Å². The van der Waals surface area contributed by atoms with Crippen molar-refractivity contribution in [2.75, 3.05) is 17.7 Å². The van der Waals surface area contributed by atoms with Crippen molar-refractivity contribution in [1.29, 1.82) is 0 Å². The Hall–Kier alpha value is -2.29. The molecule has 1 N–H and O–H groups in total. The first kappa shape index (κ1) is 25.3. The molecular weight excluding hydrogens is 524 g/mol. The SMILES string of the molecule is C=CCn1c(CCCOc2ccc(Cl)cc2Br)nnc1SCC(=O)Nc1ccccc1CC. The predicted molar refractivity (Wildman–Crippen MR) is 138 cm³/mol. The van der Waals surface area contributed by atoms with Crippen LogP contribution in [0.3, 0.4) is 0 Å². The Kier molecular flexibility index (Phi) is 9.84. The van der Waals surface area contributed by atoms with Gasteiger partial charge < -0.3 is 14.6 Å². The van der Waals surface area contributed by atoms with Gasteiger partial charge in [-0.3, -0.25) is 4.79 Å². The third-order valence-corrected chi connectivity index (χ3v) is 6.63. The Morgan fingerprint density at radius 3 is 2.88 bits per heavy atom. The summed E-state index contributed by atoms with van der Waals surface area (Å²) in [6, 6.07) is 13.3. The number of anilines is 1. The minimum atomic E-state index is -0.0717. The molecule has 0 atom stereocenters. The molecule has 0 aliphatic carbocycles. The Morgan fingerprint density at radius 1 is 1.30 bits per heavy atom. The summed E-state index contributed by atoms with van der Waals surface area (Å²) in [7, 11) is 0. The van der Waals surface area contributed by atoms with E-state index in [0.29, 0.717) is 29.8 Å². The van der Waals surface area contributed by atoms with Crippen LogP contribution >= 0.6 is 39.3 Å². The van der Waals surface area contributed by atoms with Gasteiger partial charge in [-0.25, -0.2) is 0 Å². The van der Waals surface area contributed by atoms with Gasteiger partial charge in [0.2, 0.25) is 5.91 Å². The monoisotopic (exact) mass is 548 g/mol. The van der Waals surface area contributed by atoms with Gasteiger partial charge in [0.25, 0.3) is 0 Å². The Labute approximate surface area is 211 Å². The number of carbonyl (C=O) groups is 1. The third kappa shape index (κ3) is 7.35. The second-order valence-electron chi connectivity index (χ2n) is 7.17.